The Bertz CT molecular complexity index is 1230. The Morgan fingerprint density at radius 3 is 2.43 bits per heavy atom. The van der Waals surface area contributed by atoms with Crippen molar-refractivity contribution >= 4 is 10.8 Å². The highest BCUT2D eigenvalue weighted by molar-refractivity contribution is 5.87. The zero-order chi connectivity index (χ0) is 25.0. The van der Waals surface area contributed by atoms with E-state index in [0.29, 0.717) is 5.92 Å². The molecule has 3 aromatic rings. The van der Waals surface area contributed by atoms with Crippen LogP contribution in [0.2, 0.25) is 0 Å². The van der Waals surface area contributed by atoms with Crippen molar-refractivity contribution in [3.63, 3.8) is 0 Å². The molecule has 2 atom stereocenters. The van der Waals surface area contributed by atoms with E-state index in [1.807, 2.05) is 12.1 Å². The van der Waals surface area contributed by atoms with Gasteiger partial charge in [0.1, 0.15) is 0 Å². The van der Waals surface area contributed by atoms with Gasteiger partial charge in [-0.1, -0.05) is 80.8 Å². The van der Waals surface area contributed by atoms with Crippen molar-refractivity contribution in [1.29, 1.82) is 0 Å². The molecule has 1 aliphatic carbocycles. The molecule has 0 saturated carbocycles. The first kappa shape index (κ1) is 25.0. The number of halogens is 5. The Kier molecular flexibility index (Phi) is 7.64. The van der Waals surface area contributed by atoms with Gasteiger partial charge in [0.25, 0.3) is 0 Å². The Hall–Kier alpha value is -3.07. The van der Waals surface area contributed by atoms with Crippen LogP contribution in [0, 0.1) is 29.4 Å². The first-order valence-corrected chi connectivity index (χ1v) is 12.0. The minimum Gasteiger partial charge on any atom is -0.399 e. The van der Waals surface area contributed by atoms with E-state index in [1.54, 1.807) is 0 Å². The first-order chi connectivity index (χ1) is 16.8. The number of hydrogen-bond acceptors (Lipinski definition) is 1. The molecule has 0 amide bonds. The Morgan fingerprint density at radius 1 is 0.971 bits per heavy atom. The second-order valence-corrected chi connectivity index (χ2v) is 9.07. The van der Waals surface area contributed by atoms with Gasteiger partial charge >= 0.3 is 6.36 Å². The molecule has 0 fully saturated rings. The van der Waals surface area contributed by atoms with Crippen LogP contribution in [-0.2, 0) is 6.42 Å². The standard InChI is InChI=1S/C29H27F5O/c1-2-3-4-5-8-21-13-15-24-22-10-7-6-9-20(22)12-16-25(24)23(21)14-11-19-17-26(30)28(27(31)18-19)35-29(32,33)34/h6-7,9-10,12,16-18,21,23H,2-5,8,13,15H2,1H3/t21-,23+/m1/s1. The maximum Gasteiger partial charge on any atom is 0.573 e. The summed E-state index contributed by atoms with van der Waals surface area (Å²) >= 11 is 0. The lowest BCUT2D eigenvalue weighted by Crippen LogP contribution is -2.20. The molecule has 0 aliphatic heterocycles. The summed E-state index contributed by atoms with van der Waals surface area (Å²) in [6.07, 6.45) is 2.29. The van der Waals surface area contributed by atoms with E-state index >= 15 is 0 Å². The summed E-state index contributed by atoms with van der Waals surface area (Å²) in [4.78, 5) is 0. The van der Waals surface area contributed by atoms with Crippen LogP contribution in [0.5, 0.6) is 5.75 Å². The summed E-state index contributed by atoms with van der Waals surface area (Å²) in [5.41, 5.74) is 2.35. The average molecular weight is 487 g/mol. The molecule has 0 N–H and O–H groups in total. The highest BCUT2D eigenvalue weighted by Gasteiger charge is 2.34. The molecule has 0 unspecified atom stereocenters. The molecule has 0 bridgehead atoms. The van der Waals surface area contributed by atoms with Crippen LogP contribution >= 0.6 is 0 Å². The van der Waals surface area contributed by atoms with Gasteiger partial charge < -0.3 is 4.74 Å². The van der Waals surface area contributed by atoms with Crippen LogP contribution in [0.25, 0.3) is 10.8 Å². The molecule has 3 aromatic carbocycles. The molecule has 4 rings (SSSR count). The topological polar surface area (TPSA) is 9.23 Å². The quantitative estimate of drug-likeness (QED) is 0.192. The number of fused-ring (bicyclic) bond motifs is 3. The van der Waals surface area contributed by atoms with Gasteiger partial charge in [-0.3, -0.25) is 0 Å². The minimum atomic E-state index is -5.19. The SMILES string of the molecule is CCCCCC[C@@H]1CCc2c(ccc3ccccc23)[C@H]1C#Cc1cc(F)c(OC(F)(F)F)c(F)c1. The van der Waals surface area contributed by atoms with Crippen molar-refractivity contribution in [2.75, 3.05) is 0 Å². The second kappa shape index (κ2) is 10.7. The van der Waals surface area contributed by atoms with Gasteiger partial charge in [-0.2, -0.15) is 0 Å². The Balaban J connectivity index is 1.69. The third-order valence-electron chi connectivity index (χ3n) is 6.66. The van der Waals surface area contributed by atoms with Gasteiger partial charge in [0.15, 0.2) is 11.6 Å². The van der Waals surface area contributed by atoms with Crippen molar-refractivity contribution < 1.29 is 26.7 Å². The number of hydrogen-bond donors (Lipinski definition) is 0. The Labute approximate surface area is 202 Å². The number of ether oxygens (including phenoxy) is 1. The maximum atomic E-state index is 14.2. The molecule has 1 aliphatic rings. The fraction of sp³-hybridized carbons (Fsp3) is 0.379. The van der Waals surface area contributed by atoms with Gasteiger partial charge in [-0.25, -0.2) is 8.78 Å². The zero-order valence-electron chi connectivity index (χ0n) is 19.5. The van der Waals surface area contributed by atoms with Crippen LogP contribution in [0.4, 0.5) is 22.0 Å². The predicted molar refractivity (Wildman–Crippen MR) is 127 cm³/mol. The summed E-state index contributed by atoms with van der Waals surface area (Å²) < 4.78 is 69.3. The fourth-order valence-corrected chi connectivity index (χ4v) is 5.02. The van der Waals surface area contributed by atoms with Gasteiger partial charge in [-0.15, -0.1) is 13.2 Å². The molecular weight excluding hydrogens is 459 g/mol. The van der Waals surface area contributed by atoms with Crippen molar-refractivity contribution in [2.45, 2.75) is 64.1 Å². The van der Waals surface area contributed by atoms with Gasteiger partial charge in [-0.05, 0) is 59.2 Å². The number of aryl methyl sites for hydroxylation is 1. The second-order valence-electron chi connectivity index (χ2n) is 9.07. The summed E-state index contributed by atoms with van der Waals surface area (Å²) in [5.74, 6) is 1.91. The lowest BCUT2D eigenvalue weighted by molar-refractivity contribution is -0.276. The molecule has 1 nitrogen and oxygen atoms in total. The van der Waals surface area contributed by atoms with Crippen molar-refractivity contribution in [3.8, 4) is 17.6 Å². The highest BCUT2D eigenvalue weighted by atomic mass is 19.4. The van der Waals surface area contributed by atoms with E-state index in [4.69, 9.17) is 0 Å². The van der Waals surface area contributed by atoms with Crippen molar-refractivity contribution in [2.24, 2.45) is 5.92 Å². The normalized spacial score (nSPS) is 17.5. The van der Waals surface area contributed by atoms with E-state index in [-0.39, 0.29) is 11.5 Å². The zero-order valence-corrected chi connectivity index (χ0v) is 19.5. The van der Waals surface area contributed by atoms with Crippen molar-refractivity contribution in [1.82, 2.24) is 0 Å². The van der Waals surface area contributed by atoms with E-state index in [9.17, 15) is 22.0 Å². The smallest absolute Gasteiger partial charge is 0.399 e. The largest absolute Gasteiger partial charge is 0.573 e. The lowest BCUT2D eigenvalue weighted by Gasteiger charge is -2.31. The molecule has 0 heterocycles. The molecule has 0 radical (unpaired) electrons. The van der Waals surface area contributed by atoms with Crippen LogP contribution < -0.4 is 4.74 Å². The summed E-state index contributed by atoms with van der Waals surface area (Å²) in [5, 5.41) is 2.34. The molecule has 6 heteroatoms. The van der Waals surface area contributed by atoms with E-state index in [2.05, 4.69) is 47.8 Å². The summed E-state index contributed by atoms with van der Waals surface area (Å²) in [6.45, 7) is 2.17. The van der Waals surface area contributed by atoms with Gasteiger partial charge in [0.05, 0.1) is 0 Å². The molecule has 0 aromatic heterocycles. The molecule has 35 heavy (non-hydrogen) atoms. The molecule has 0 saturated heterocycles. The lowest BCUT2D eigenvalue weighted by atomic mass is 9.72. The highest BCUT2D eigenvalue weighted by Crippen LogP contribution is 2.41. The Morgan fingerprint density at radius 2 is 1.71 bits per heavy atom. The third kappa shape index (κ3) is 5.96. The van der Waals surface area contributed by atoms with Gasteiger partial charge in [0.2, 0.25) is 5.75 Å². The maximum absolute atomic E-state index is 14.2. The van der Waals surface area contributed by atoms with Gasteiger partial charge in [0, 0.05) is 11.5 Å². The molecule has 0 spiro atoms. The molecule has 184 valence electrons. The summed E-state index contributed by atoms with van der Waals surface area (Å²) in [7, 11) is 0. The van der Waals surface area contributed by atoms with E-state index in [1.165, 1.54) is 17.4 Å². The number of rotatable bonds is 6. The summed E-state index contributed by atoms with van der Waals surface area (Å²) in [6, 6.07) is 13.9. The van der Waals surface area contributed by atoms with Crippen molar-refractivity contribution in [3.05, 3.63) is 76.9 Å². The monoisotopic (exact) mass is 486 g/mol. The number of alkyl halides is 3. The number of unbranched alkanes of at least 4 members (excludes halogenated alkanes) is 3. The number of benzene rings is 3. The van der Waals surface area contributed by atoms with Crippen LogP contribution in [-0.4, -0.2) is 6.36 Å². The van der Waals surface area contributed by atoms with E-state index in [0.717, 1.165) is 61.6 Å². The van der Waals surface area contributed by atoms with Crippen LogP contribution in [0.3, 0.4) is 0 Å². The van der Waals surface area contributed by atoms with Crippen LogP contribution in [0.1, 0.15) is 68.1 Å². The first-order valence-electron chi connectivity index (χ1n) is 12.0. The predicted octanol–water partition coefficient (Wildman–Crippen LogP) is 8.68. The third-order valence-corrected chi connectivity index (χ3v) is 6.66. The average Bonchev–Trinajstić information content (AvgIpc) is 2.82. The minimum absolute atomic E-state index is 0.0211. The fourth-order valence-electron chi connectivity index (χ4n) is 5.02. The molecular formula is C29H27F5O. The van der Waals surface area contributed by atoms with Crippen LogP contribution in [0.15, 0.2) is 48.5 Å². The van der Waals surface area contributed by atoms with E-state index < -0.39 is 23.7 Å².